The van der Waals surface area contributed by atoms with E-state index in [4.69, 9.17) is 4.55 Å². The fraction of sp³-hybridized carbons (Fsp3) is 0.467. The van der Waals surface area contributed by atoms with Crippen molar-refractivity contribution >= 4 is 10.1 Å². The minimum atomic E-state index is -8.38. The molecule has 0 heterocycles. The summed E-state index contributed by atoms with van der Waals surface area (Å²) in [5.41, 5.74) is 0. The zero-order chi connectivity index (χ0) is 29.8. The molecule has 1 rings (SSSR count). The summed E-state index contributed by atoms with van der Waals surface area (Å²) in [6.45, 7) is 0. The molecule has 0 aromatic heterocycles. The summed E-state index contributed by atoms with van der Waals surface area (Å²) in [6, 6.07) is 0.390. The third kappa shape index (κ3) is 5.25. The molecular formula is C15H5F17O4S. The third-order valence-corrected chi connectivity index (χ3v) is 4.85. The quantitative estimate of drug-likeness (QED) is 0.249. The molecule has 0 saturated heterocycles. The Morgan fingerprint density at radius 2 is 1.11 bits per heavy atom. The summed E-state index contributed by atoms with van der Waals surface area (Å²) in [5, 5.41) is 0. The Kier molecular flexibility index (Phi) is 7.95. The summed E-state index contributed by atoms with van der Waals surface area (Å²) in [6.07, 6.45) is -14.5. The zero-order valence-corrected chi connectivity index (χ0v) is 17.1. The number of ether oxygens (including phenoxy) is 1. The molecule has 0 bridgehead atoms. The Bertz CT molecular complexity index is 1150. The van der Waals surface area contributed by atoms with E-state index >= 15 is 0 Å². The van der Waals surface area contributed by atoms with Crippen molar-refractivity contribution in [2.24, 2.45) is 0 Å². The van der Waals surface area contributed by atoms with E-state index in [1.165, 1.54) is 0 Å². The smallest absolute Gasteiger partial charge is 0.428 e. The number of halogens is 17. The molecule has 0 amide bonds. The first-order chi connectivity index (χ1) is 16.0. The predicted octanol–water partition coefficient (Wildman–Crippen LogP) is 6.79. The minimum Gasteiger partial charge on any atom is -0.428 e. The van der Waals surface area contributed by atoms with E-state index in [0.717, 1.165) is 0 Å². The van der Waals surface area contributed by atoms with Crippen LogP contribution in [0.5, 0.6) is 5.75 Å². The molecule has 0 spiro atoms. The first-order valence-electron chi connectivity index (χ1n) is 8.16. The highest BCUT2D eigenvalue weighted by Crippen LogP contribution is 2.60. The third-order valence-electron chi connectivity index (χ3n) is 4.00. The minimum absolute atomic E-state index is 0.0422. The largest absolute Gasteiger partial charge is 0.471 e. The Labute approximate surface area is 192 Å². The lowest BCUT2D eigenvalue weighted by atomic mass is 9.96. The van der Waals surface area contributed by atoms with Gasteiger partial charge in [-0.15, -0.1) is 0 Å². The van der Waals surface area contributed by atoms with E-state index in [1.807, 2.05) is 0 Å². The molecule has 0 atom stereocenters. The Balaban J connectivity index is 3.63. The van der Waals surface area contributed by atoms with Gasteiger partial charge in [-0.3, -0.25) is 4.55 Å². The van der Waals surface area contributed by atoms with Crippen LogP contribution in [-0.2, 0) is 10.1 Å². The molecular weight excluding hydrogens is 599 g/mol. The number of alkyl halides is 15. The zero-order valence-electron chi connectivity index (χ0n) is 16.3. The Hall–Kier alpha value is -2.52. The van der Waals surface area contributed by atoms with Crippen LogP contribution in [0.2, 0.25) is 0 Å². The van der Waals surface area contributed by atoms with Crippen LogP contribution in [0.3, 0.4) is 0 Å². The first kappa shape index (κ1) is 32.5. The highest BCUT2D eigenvalue weighted by molar-refractivity contribution is 7.85. The summed E-state index contributed by atoms with van der Waals surface area (Å²) >= 11 is 0. The second-order valence-corrected chi connectivity index (χ2v) is 7.99. The van der Waals surface area contributed by atoms with Crippen molar-refractivity contribution in [1.29, 1.82) is 0 Å². The van der Waals surface area contributed by atoms with E-state index in [1.54, 1.807) is 0 Å². The summed E-state index contributed by atoms with van der Waals surface area (Å²) in [4.78, 5) is -1.46. The van der Waals surface area contributed by atoms with Crippen LogP contribution in [0.25, 0.3) is 0 Å². The molecule has 214 valence electrons. The first-order valence-corrected chi connectivity index (χ1v) is 9.60. The number of hydrogen-bond donors (Lipinski definition) is 1. The van der Waals surface area contributed by atoms with Crippen molar-refractivity contribution in [2.45, 2.75) is 46.8 Å². The van der Waals surface area contributed by atoms with Crippen molar-refractivity contribution in [3.63, 3.8) is 0 Å². The molecule has 0 fully saturated rings. The molecule has 0 aliphatic carbocycles. The normalized spacial score (nSPS) is 15.9. The van der Waals surface area contributed by atoms with E-state index in [9.17, 15) is 83.1 Å². The fourth-order valence-electron chi connectivity index (χ4n) is 2.03. The van der Waals surface area contributed by atoms with Crippen molar-refractivity contribution in [3.05, 3.63) is 35.9 Å². The Morgan fingerprint density at radius 3 is 1.51 bits per heavy atom. The average Bonchev–Trinajstić information content (AvgIpc) is 2.70. The van der Waals surface area contributed by atoms with Gasteiger partial charge in [0.05, 0.1) is 4.90 Å². The molecule has 0 radical (unpaired) electrons. The maximum absolute atomic E-state index is 13.7. The van der Waals surface area contributed by atoms with Crippen molar-refractivity contribution in [1.82, 2.24) is 0 Å². The standard InChI is InChI=1S/C15H5F17O4S/c16-7(8(17)10(20,21)14(28,29)30)9(18,19)11(22,23)12(24,25)13(26,27)15(31,32)36-5-2-1-3-6(4-5)37(33,34)35/h1-4H,(H,33,34,35)/b8-7+. The molecule has 22 heteroatoms. The predicted molar refractivity (Wildman–Crippen MR) is 81.9 cm³/mol. The van der Waals surface area contributed by atoms with E-state index in [-0.39, 0.29) is 12.1 Å². The van der Waals surface area contributed by atoms with Crippen LogP contribution in [0.4, 0.5) is 74.6 Å². The van der Waals surface area contributed by atoms with Crippen molar-refractivity contribution in [2.75, 3.05) is 0 Å². The van der Waals surface area contributed by atoms with Crippen LogP contribution >= 0.6 is 0 Å². The number of allylic oxidation sites excluding steroid dienone is 2. The van der Waals surface area contributed by atoms with Crippen LogP contribution in [-0.4, -0.2) is 54.9 Å². The van der Waals surface area contributed by atoms with Crippen LogP contribution in [0.15, 0.2) is 40.8 Å². The van der Waals surface area contributed by atoms with Crippen molar-refractivity contribution < 1.29 is 92.3 Å². The molecule has 4 nitrogen and oxygen atoms in total. The molecule has 1 aromatic carbocycles. The second kappa shape index (κ2) is 9.05. The summed E-state index contributed by atoms with van der Waals surface area (Å²) in [5.74, 6) is -52.6. The van der Waals surface area contributed by atoms with Crippen LogP contribution in [0.1, 0.15) is 0 Å². The maximum atomic E-state index is 13.7. The number of benzene rings is 1. The lowest BCUT2D eigenvalue weighted by Gasteiger charge is -2.38. The van der Waals surface area contributed by atoms with Gasteiger partial charge in [-0.25, -0.2) is 8.78 Å². The average molecular weight is 604 g/mol. The van der Waals surface area contributed by atoms with Gasteiger partial charge < -0.3 is 4.74 Å². The highest BCUT2D eigenvalue weighted by atomic mass is 32.2. The van der Waals surface area contributed by atoms with E-state index in [2.05, 4.69) is 4.74 Å². The topological polar surface area (TPSA) is 63.6 Å². The molecule has 0 unspecified atom stereocenters. The van der Waals surface area contributed by atoms with Gasteiger partial charge in [-0.05, 0) is 12.1 Å². The molecule has 37 heavy (non-hydrogen) atoms. The van der Waals surface area contributed by atoms with Crippen LogP contribution < -0.4 is 4.74 Å². The van der Waals surface area contributed by atoms with Gasteiger partial charge in [-0.2, -0.15) is 74.3 Å². The summed E-state index contributed by atoms with van der Waals surface area (Å²) in [7, 11) is -5.33. The lowest BCUT2D eigenvalue weighted by molar-refractivity contribution is -0.428. The monoisotopic (exact) mass is 604 g/mol. The van der Waals surface area contributed by atoms with Gasteiger partial charge in [0.15, 0.2) is 0 Å². The molecule has 0 aliphatic heterocycles. The summed E-state index contributed by atoms with van der Waals surface area (Å²) < 4.78 is 257. The van der Waals surface area contributed by atoms with Gasteiger partial charge in [0.2, 0.25) is 11.7 Å². The number of hydrogen-bond acceptors (Lipinski definition) is 3. The van der Waals surface area contributed by atoms with Crippen LogP contribution in [0, 0.1) is 0 Å². The molecule has 1 aromatic rings. The second-order valence-electron chi connectivity index (χ2n) is 6.57. The Morgan fingerprint density at radius 1 is 0.676 bits per heavy atom. The van der Waals surface area contributed by atoms with E-state index in [0.29, 0.717) is 12.1 Å². The van der Waals surface area contributed by atoms with Crippen molar-refractivity contribution in [3.8, 4) is 5.75 Å². The SMILES string of the molecule is O=S(=O)(O)c1cccc(OC(F)(F)C(F)(F)C(F)(F)C(F)(F)C(F)(F)/C(F)=C(\F)C(F)(F)C(F)(F)F)c1. The molecule has 0 aliphatic rings. The van der Waals surface area contributed by atoms with Gasteiger partial charge in [-0.1, -0.05) is 6.07 Å². The fourth-order valence-corrected chi connectivity index (χ4v) is 2.54. The molecule has 0 saturated carbocycles. The van der Waals surface area contributed by atoms with E-state index < -0.39 is 74.3 Å². The van der Waals surface area contributed by atoms with Gasteiger partial charge in [0.25, 0.3) is 10.1 Å². The van der Waals surface area contributed by atoms with Gasteiger partial charge in [0, 0.05) is 6.07 Å². The van der Waals surface area contributed by atoms with Gasteiger partial charge >= 0.3 is 41.9 Å². The maximum Gasteiger partial charge on any atom is 0.471 e. The highest BCUT2D eigenvalue weighted by Gasteiger charge is 2.89. The van der Waals surface area contributed by atoms with Gasteiger partial charge in [0.1, 0.15) is 5.75 Å². The lowest BCUT2D eigenvalue weighted by Crippen LogP contribution is -2.68. The number of rotatable bonds is 9. The molecule has 1 N–H and O–H groups in total.